The van der Waals surface area contributed by atoms with Crippen LogP contribution in [0.15, 0.2) is 12.7 Å². The fourth-order valence-electron chi connectivity index (χ4n) is 4.65. The number of imidazole rings is 1. The number of nitrogens with zero attached hydrogens (tertiary/aromatic N) is 5. The van der Waals surface area contributed by atoms with Crippen LogP contribution in [0.5, 0.6) is 0 Å². The molecule has 0 aromatic carbocycles. The fourth-order valence-corrected chi connectivity index (χ4v) is 4.65. The summed E-state index contributed by atoms with van der Waals surface area (Å²) in [6, 6.07) is 0. The highest BCUT2D eigenvalue weighted by molar-refractivity contribution is 5.81. The van der Waals surface area contributed by atoms with Gasteiger partial charge in [-0.1, -0.05) is 0 Å². The highest BCUT2D eigenvalue weighted by Crippen LogP contribution is 2.36. The van der Waals surface area contributed by atoms with E-state index in [0.717, 1.165) is 32.6 Å². The third-order valence-corrected chi connectivity index (χ3v) is 6.18. The highest BCUT2D eigenvalue weighted by atomic mass is 16.6. The average Bonchev–Trinajstić information content (AvgIpc) is 3.18. The minimum atomic E-state index is -1.06. The molecule has 5 rings (SSSR count). The Bertz CT molecular complexity index is 839. The summed E-state index contributed by atoms with van der Waals surface area (Å²) < 4.78 is 7.69. The summed E-state index contributed by atoms with van der Waals surface area (Å²) >= 11 is 0. The summed E-state index contributed by atoms with van der Waals surface area (Å²) in [6.07, 6.45) is 2.02. The van der Waals surface area contributed by atoms with Gasteiger partial charge in [0, 0.05) is 31.6 Å². The lowest BCUT2D eigenvalue weighted by molar-refractivity contribution is -0.0558. The number of hydrogen-bond acceptors (Lipinski definition) is 9. The predicted octanol–water partition coefficient (Wildman–Crippen LogP) is -1.29. The smallest absolute Gasteiger partial charge is 0.167 e. The molecule has 4 atom stereocenters. The number of aliphatic hydroxyl groups excluding tert-OH is 2. The second kappa shape index (κ2) is 6.35. The number of ether oxygens (including phenoxy) is 1. The molecular formula is C17H25N7O3. The molecule has 0 amide bonds. The van der Waals surface area contributed by atoms with Gasteiger partial charge < -0.3 is 30.9 Å². The van der Waals surface area contributed by atoms with Gasteiger partial charge in [-0.15, -0.1) is 0 Å². The molecule has 0 bridgehead atoms. The number of piperidine rings is 1. The van der Waals surface area contributed by atoms with Gasteiger partial charge in [-0.2, -0.15) is 0 Å². The van der Waals surface area contributed by atoms with E-state index in [1.807, 2.05) is 0 Å². The quantitative estimate of drug-likeness (QED) is 0.517. The van der Waals surface area contributed by atoms with Gasteiger partial charge in [-0.3, -0.25) is 4.57 Å². The van der Waals surface area contributed by atoms with Crippen LogP contribution in [-0.2, 0) is 4.74 Å². The fraction of sp³-hybridized carbons (Fsp3) is 0.706. The van der Waals surface area contributed by atoms with Crippen LogP contribution in [0.25, 0.3) is 11.2 Å². The lowest BCUT2D eigenvalue weighted by Crippen LogP contribution is -2.61. The second-order valence-electron chi connectivity index (χ2n) is 8.07. The number of nitrogen functional groups attached to an aromatic ring is 1. The lowest BCUT2D eigenvalue weighted by atomic mass is 9.75. The first kappa shape index (κ1) is 17.3. The van der Waals surface area contributed by atoms with Crippen LogP contribution in [0.4, 0.5) is 5.82 Å². The Morgan fingerprint density at radius 1 is 1.26 bits per heavy atom. The minimum absolute atomic E-state index is 0.274. The SMILES string of the molecule is Nc1ncnc2c1ncn2[C@@H]1O[C@H](CN2CCCC3(CNC3)C2)[C@@H](O)[C@H]1O. The largest absolute Gasteiger partial charge is 0.387 e. The number of aromatic nitrogens is 4. The molecule has 10 heteroatoms. The van der Waals surface area contributed by atoms with Gasteiger partial charge in [0.15, 0.2) is 17.7 Å². The van der Waals surface area contributed by atoms with Crippen LogP contribution in [0, 0.1) is 5.41 Å². The molecule has 146 valence electrons. The number of fused-ring (bicyclic) bond motifs is 1. The maximum absolute atomic E-state index is 10.6. The molecule has 1 spiro atoms. The Hall–Kier alpha value is -1.85. The molecule has 2 aromatic heterocycles. The first-order valence-corrected chi connectivity index (χ1v) is 9.44. The molecule has 5 N–H and O–H groups in total. The van der Waals surface area contributed by atoms with Crippen LogP contribution in [0.3, 0.4) is 0 Å². The molecule has 0 saturated carbocycles. The number of hydrogen-bond donors (Lipinski definition) is 4. The van der Waals surface area contributed by atoms with Gasteiger partial charge >= 0.3 is 0 Å². The molecule has 3 saturated heterocycles. The van der Waals surface area contributed by atoms with Crippen molar-refractivity contribution in [2.75, 3.05) is 38.5 Å². The molecule has 3 aliphatic rings. The standard InChI is InChI=1S/C17H25N7O3/c18-14-11-15(21-8-20-14)24(9-22-11)16-13(26)12(25)10(27-16)4-23-3-1-2-17(7-23)5-19-6-17/h8-10,12-13,16,19,25-26H,1-7H2,(H2,18,20,21)/t10-,12-,13-,16-/m1/s1. The molecule has 10 nitrogen and oxygen atoms in total. The molecule has 0 unspecified atom stereocenters. The van der Waals surface area contributed by atoms with E-state index in [1.165, 1.54) is 19.1 Å². The van der Waals surface area contributed by atoms with E-state index >= 15 is 0 Å². The summed E-state index contributed by atoms with van der Waals surface area (Å²) in [5.74, 6) is 0.274. The van der Waals surface area contributed by atoms with Gasteiger partial charge in [0.25, 0.3) is 0 Å². The van der Waals surface area contributed by atoms with Gasteiger partial charge in [-0.05, 0) is 19.4 Å². The zero-order valence-electron chi connectivity index (χ0n) is 15.0. The van der Waals surface area contributed by atoms with Crippen molar-refractivity contribution in [1.29, 1.82) is 0 Å². The summed E-state index contributed by atoms with van der Waals surface area (Å²) in [6.45, 7) is 4.72. The van der Waals surface area contributed by atoms with Crippen molar-refractivity contribution in [2.24, 2.45) is 5.41 Å². The average molecular weight is 375 g/mol. The van der Waals surface area contributed by atoms with E-state index in [-0.39, 0.29) is 5.82 Å². The van der Waals surface area contributed by atoms with Gasteiger partial charge in [0.1, 0.15) is 30.2 Å². The third kappa shape index (κ3) is 2.79. The highest BCUT2D eigenvalue weighted by Gasteiger charge is 2.47. The normalized spacial score (nSPS) is 33.6. The Balaban J connectivity index is 1.34. The van der Waals surface area contributed by atoms with Crippen molar-refractivity contribution in [3.05, 3.63) is 12.7 Å². The Morgan fingerprint density at radius 2 is 2.11 bits per heavy atom. The van der Waals surface area contributed by atoms with Crippen LogP contribution in [-0.4, -0.2) is 85.7 Å². The number of nitrogens with two attached hydrogens (primary N) is 1. The monoisotopic (exact) mass is 375 g/mol. The van der Waals surface area contributed by atoms with Crippen LogP contribution < -0.4 is 11.1 Å². The van der Waals surface area contributed by atoms with E-state index in [2.05, 4.69) is 25.2 Å². The molecular weight excluding hydrogens is 350 g/mol. The summed E-state index contributed by atoms with van der Waals surface area (Å²) in [7, 11) is 0. The van der Waals surface area contributed by atoms with Gasteiger partial charge in [-0.25, -0.2) is 15.0 Å². The van der Waals surface area contributed by atoms with E-state index in [0.29, 0.717) is 23.1 Å². The molecule has 5 heterocycles. The van der Waals surface area contributed by atoms with E-state index in [4.69, 9.17) is 10.5 Å². The Morgan fingerprint density at radius 3 is 2.89 bits per heavy atom. The molecule has 27 heavy (non-hydrogen) atoms. The molecule has 2 aromatic rings. The zero-order chi connectivity index (χ0) is 18.6. The molecule has 0 aliphatic carbocycles. The van der Waals surface area contributed by atoms with Crippen LogP contribution in [0.1, 0.15) is 19.1 Å². The number of anilines is 1. The number of rotatable bonds is 3. The van der Waals surface area contributed by atoms with Crippen LogP contribution >= 0.6 is 0 Å². The van der Waals surface area contributed by atoms with Crippen molar-refractivity contribution in [1.82, 2.24) is 29.7 Å². The van der Waals surface area contributed by atoms with E-state index in [1.54, 1.807) is 4.57 Å². The third-order valence-electron chi connectivity index (χ3n) is 6.18. The lowest BCUT2D eigenvalue weighted by Gasteiger charge is -2.49. The first-order valence-electron chi connectivity index (χ1n) is 9.44. The number of aliphatic hydroxyl groups is 2. The van der Waals surface area contributed by atoms with E-state index < -0.39 is 24.5 Å². The first-order chi connectivity index (χ1) is 13.1. The molecule has 3 fully saturated rings. The Kier molecular flexibility index (Phi) is 4.06. The van der Waals surface area contributed by atoms with Crippen molar-refractivity contribution in [2.45, 2.75) is 37.4 Å². The topological polar surface area (TPSA) is 135 Å². The van der Waals surface area contributed by atoms with Gasteiger partial charge in [0.2, 0.25) is 0 Å². The zero-order valence-corrected chi connectivity index (χ0v) is 15.0. The minimum Gasteiger partial charge on any atom is -0.387 e. The maximum atomic E-state index is 10.6. The molecule has 3 aliphatic heterocycles. The number of nitrogens with one attached hydrogen (secondary N) is 1. The maximum Gasteiger partial charge on any atom is 0.167 e. The van der Waals surface area contributed by atoms with Crippen LogP contribution in [0.2, 0.25) is 0 Å². The van der Waals surface area contributed by atoms with Gasteiger partial charge in [0.05, 0.1) is 6.33 Å². The Labute approximate surface area is 156 Å². The molecule has 0 radical (unpaired) electrons. The second-order valence-corrected chi connectivity index (χ2v) is 8.07. The van der Waals surface area contributed by atoms with E-state index in [9.17, 15) is 10.2 Å². The van der Waals surface area contributed by atoms with Crippen molar-refractivity contribution in [3.63, 3.8) is 0 Å². The number of likely N-dealkylation sites (tertiary alicyclic amines) is 1. The van der Waals surface area contributed by atoms with Crippen molar-refractivity contribution in [3.8, 4) is 0 Å². The van der Waals surface area contributed by atoms with Crippen molar-refractivity contribution < 1.29 is 14.9 Å². The summed E-state index contributed by atoms with van der Waals surface area (Å²) in [5.41, 5.74) is 7.15. The van der Waals surface area contributed by atoms with Crippen molar-refractivity contribution >= 4 is 17.0 Å². The summed E-state index contributed by atoms with van der Waals surface area (Å²) in [5, 5.41) is 24.5. The summed E-state index contributed by atoms with van der Waals surface area (Å²) in [4.78, 5) is 14.7. The predicted molar refractivity (Wildman–Crippen MR) is 96.6 cm³/mol.